The van der Waals surface area contributed by atoms with Crippen LogP contribution in [0.15, 0.2) is 0 Å². The Hall–Kier alpha value is 0.0934. The molecule has 0 aromatic rings. The van der Waals surface area contributed by atoms with Gasteiger partial charge in [-0.1, -0.05) is 6.42 Å². The van der Waals surface area contributed by atoms with Crippen molar-refractivity contribution in [1.29, 1.82) is 0 Å². The van der Waals surface area contributed by atoms with Gasteiger partial charge in [-0.25, -0.2) is 0 Å². The summed E-state index contributed by atoms with van der Waals surface area (Å²) < 4.78 is 4.89. The molecule has 0 bridgehead atoms. The van der Waals surface area contributed by atoms with E-state index in [2.05, 4.69) is 6.92 Å². The molecule has 0 rings (SSSR count). The molecule has 0 unspecified atom stereocenters. The third kappa shape index (κ3) is 8.09. The maximum Gasteiger partial charge on any atom is 2.00 e. The molecule has 0 radical (unpaired) electrons. The fourth-order valence-corrected chi connectivity index (χ4v) is 0.393. The second-order valence-electron chi connectivity index (χ2n) is 2.84. The van der Waals surface area contributed by atoms with Crippen LogP contribution in [0.2, 0.25) is 0 Å². The topological polar surface area (TPSA) is 26.3 Å². The van der Waals surface area contributed by atoms with Crippen LogP contribution in [0.5, 0.6) is 0 Å². The minimum absolute atomic E-state index is 0. The zero-order chi connectivity index (χ0) is 7.49. The Morgan fingerprint density at radius 1 is 1.50 bits per heavy atom. The van der Waals surface area contributed by atoms with Gasteiger partial charge in [-0.15, -0.1) is 0 Å². The van der Waals surface area contributed by atoms with Crippen molar-refractivity contribution in [2.45, 2.75) is 32.8 Å². The predicted octanol–water partition coefficient (Wildman–Crippen LogP) is 1.55. The van der Waals surface area contributed by atoms with Gasteiger partial charge >= 0.3 is 19.5 Å². The molecule has 0 aromatic heterocycles. The van der Waals surface area contributed by atoms with Crippen molar-refractivity contribution in [3.05, 3.63) is 6.92 Å². The van der Waals surface area contributed by atoms with Gasteiger partial charge in [-0.3, -0.25) is 4.79 Å². The van der Waals surface area contributed by atoms with Crippen molar-refractivity contribution < 1.29 is 29.0 Å². The molecular formula is C7H13O2Zn+. The number of esters is 1. The van der Waals surface area contributed by atoms with Gasteiger partial charge in [0.1, 0.15) is 5.60 Å². The summed E-state index contributed by atoms with van der Waals surface area (Å²) in [5, 5.41) is 0. The number of carbonyl (C=O) groups is 1. The second kappa shape index (κ2) is 4.84. The van der Waals surface area contributed by atoms with E-state index in [0.29, 0.717) is 0 Å². The van der Waals surface area contributed by atoms with E-state index < -0.39 is 0 Å². The number of carbonyl (C=O) groups excluding carboxylic acids is 1. The van der Waals surface area contributed by atoms with Crippen molar-refractivity contribution in [3.63, 3.8) is 0 Å². The summed E-state index contributed by atoms with van der Waals surface area (Å²) >= 11 is 0. The molecule has 3 heteroatoms. The van der Waals surface area contributed by atoms with Crippen LogP contribution < -0.4 is 0 Å². The summed E-state index contributed by atoms with van der Waals surface area (Å²) in [4.78, 5) is 10.5. The molecule has 0 aliphatic carbocycles. The molecule has 0 atom stereocenters. The molecule has 0 N–H and O–H groups in total. The van der Waals surface area contributed by atoms with Crippen LogP contribution in [0.4, 0.5) is 0 Å². The average molecular weight is 195 g/mol. The largest absolute Gasteiger partial charge is 2.00 e. The Bertz CT molecular complexity index is 105. The molecule has 0 saturated carbocycles. The van der Waals surface area contributed by atoms with Gasteiger partial charge in [-0.05, 0) is 20.8 Å². The fraction of sp³-hybridized carbons (Fsp3) is 0.714. The third-order valence-electron chi connectivity index (χ3n) is 0.624. The molecular weight excluding hydrogens is 181 g/mol. The summed E-state index contributed by atoms with van der Waals surface area (Å²) in [6.45, 7) is 8.90. The van der Waals surface area contributed by atoms with Crippen molar-refractivity contribution in [1.82, 2.24) is 0 Å². The standard InChI is InChI=1S/C7H13O2.Zn/c1-5-6(8)9-7(2,3)4;/h1,5H2,2-4H3;/q-1;+2. The first-order chi connectivity index (χ1) is 3.95. The second-order valence-corrected chi connectivity index (χ2v) is 2.84. The number of hydrogen-bond donors (Lipinski definition) is 0. The van der Waals surface area contributed by atoms with E-state index in [1.165, 1.54) is 0 Å². The number of ether oxygens (including phenoxy) is 1. The van der Waals surface area contributed by atoms with Crippen LogP contribution >= 0.6 is 0 Å². The molecule has 0 aromatic carbocycles. The molecule has 0 aliphatic heterocycles. The summed E-state index contributed by atoms with van der Waals surface area (Å²) in [7, 11) is 0. The Morgan fingerprint density at radius 3 is 2.00 bits per heavy atom. The zero-order valence-electron chi connectivity index (χ0n) is 6.94. The van der Waals surface area contributed by atoms with Crippen molar-refractivity contribution >= 4 is 5.97 Å². The molecule has 0 saturated heterocycles. The van der Waals surface area contributed by atoms with Gasteiger partial charge in [0.2, 0.25) is 0 Å². The fourth-order valence-electron chi connectivity index (χ4n) is 0.393. The molecule has 0 aliphatic rings. The van der Waals surface area contributed by atoms with Gasteiger partial charge in [-0.2, -0.15) is 0 Å². The normalized spacial score (nSPS) is 10.0. The van der Waals surface area contributed by atoms with E-state index >= 15 is 0 Å². The van der Waals surface area contributed by atoms with Gasteiger partial charge in [0.05, 0.1) is 0 Å². The van der Waals surface area contributed by atoms with Crippen molar-refractivity contribution in [2.24, 2.45) is 0 Å². The van der Waals surface area contributed by atoms with E-state index in [-0.39, 0.29) is 37.5 Å². The van der Waals surface area contributed by atoms with Crippen LogP contribution in [0.25, 0.3) is 0 Å². The summed E-state index contributed by atoms with van der Waals surface area (Å²) in [6.07, 6.45) is 0.206. The SMILES string of the molecule is [CH2-]CC(=O)OC(C)(C)C.[Zn+2]. The quantitative estimate of drug-likeness (QED) is 0.360. The van der Waals surface area contributed by atoms with Crippen LogP contribution in [-0.2, 0) is 29.0 Å². The first-order valence-electron chi connectivity index (χ1n) is 2.97. The van der Waals surface area contributed by atoms with Gasteiger partial charge in [0, 0.05) is 0 Å². The van der Waals surface area contributed by atoms with Crippen LogP contribution in [0.1, 0.15) is 27.2 Å². The monoisotopic (exact) mass is 193 g/mol. The molecule has 54 valence electrons. The Morgan fingerprint density at radius 2 is 1.90 bits per heavy atom. The van der Waals surface area contributed by atoms with E-state index in [0.717, 1.165) is 0 Å². The smallest absolute Gasteiger partial charge is 0.462 e. The van der Waals surface area contributed by atoms with Crippen molar-refractivity contribution in [3.8, 4) is 0 Å². The maximum absolute atomic E-state index is 10.5. The summed E-state index contributed by atoms with van der Waals surface area (Å²) in [5.74, 6) is -0.248. The van der Waals surface area contributed by atoms with E-state index in [1.807, 2.05) is 20.8 Å². The Balaban J connectivity index is 0. The first-order valence-corrected chi connectivity index (χ1v) is 2.97. The molecule has 0 fully saturated rings. The molecule has 2 nitrogen and oxygen atoms in total. The Labute approximate surface area is 75.1 Å². The van der Waals surface area contributed by atoms with Gasteiger partial charge in [0.15, 0.2) is 0 Å². The van der Waals surface area contributed by atoms with E-state index in [4.69, 9.17) is 4.74 Å². The first kappa shape index (κ1) is 12.7. The number of hydrogen-bond acceptors (Lipinski definition) is 2. The Kier molecular flexibility index (Phi) is 6.17. The van der Waals surface area contributed by atoms with Crippen LogP contribution in [-0.4, -0.2) is 11.6 Å². The van der Waals surface area contributed by atoms with Crippen molar-refractivity contribution in [2.75, 3.05) is 0 Å². The molecule has 0 amide bonds. The third-order valence-corrected chi connectivity index (χ3v) is 0.624. The van der Waals surface area contributed by atoms with Gasteiger partial charge in [0.25, 0.3) is 5.97 Å². The molecule has 0 heterocycles. The van der Waals surface area contributed by atoms with Gasteiger partial charge < -0.3 is 11.7 Å². The minimum Gasteiger partial charge on any atom is -0.462 e. The van der Waals surface area contributed by atoms with E-state index in [9.17, 15) is 4.79 Å². The van der Waals surface area contributed by atoms with E-state index in [1.54, 1.807) is 0 Å². The predicted molar refractivity (Wildman–Crippen MR) is 35.8 cm³/mol. The van der Waals surface area contributed by atoms with Crippen LogP contribution in [0, 0.1) is 6.92 Å². The number of rotatable bonds is 1. The minimum atomic E-state index is -0.366. The zero-order valence-corrected chi connectivity index (χ0v) is 9.90. The molecule has 10 heavy (non-hydrogen) atoms. The molecule has 0 spiro atoms. The average Bonchev–Trinajstić information content (AvgIpc) is 1.62. The summed E-state index contributed by atoms with van der Waals surface area (Å²) in [6, 6.07) is 0. The van der Waals surface area contributed by atoms with Crippen LogP contribution in [0.3, 0.4) is 0 Å². The maximum atomic E-state index is 10.5. The summed E-state index contributed by atoms with van der Waals surface area (Å²) in [5.41, 5.74) is -0.366.